The fourth-order valence-corrected chi connectivity index (χ4v) is 3.33. The van der Waals surface area contributed by atoms with Crippen LogP contribution in [0.3, 0.4) is 0 Å². The van der Waals surface area contributed by atoms with E-state index in [0.29, 0.717) is 5.75 Å². The summed E-state index contributed by atoms with van der Waals surface area (Å²) < 4.78 is 32.6. The summed E-state index contributed by atoms with van der Waals surface area (Å²) in [4.78, 5) is 22.6. The average molecular weight is 347 g/mol. The summed E-state index contributed by atoms with van der Waals surface area (Å²) in [6, 6.07) is 10.1. The van der Waals surface area contributed by atoms with Crippen LogP contribution in [0.1, 0.15) is 10.4 Å². The van der Waals surface area contributed by atoms with E-state index in [1.54, 1.807) is 12.1 Å². The zero-order valence-electron chi connectivity index (χ0n) is 12.3. The second-order valence-corrected chi connectivity index (χ2v) is 6.69. The number of sulfonamides is 1. The number of nitrogens with one attached hydrogen (secondary N) is 2. The van der Waals surface area contributed by atoms with E-state index in [-0.39, 0.29) is 34.3 Å². The molecule has 0 aliphatic carbocycles. The van der Waals surface area contributed by atoms with Gasteiger partial charge < -0.3 is 15.8 Å². The Balaban J connectivity index is 1.96. The molecule has 2 aromatic carbocycles. The Morgan fingerprint density at radius 1 is 1.21 bits per heavy atom. The largest absolute Gasteiger partial charge is 0.482 e. The van der Waals surface area contributed by atoms with Crippen LogP contribution < -0.4 is 20.5 Å². The first kappa shape index (κ1) is 15.8. The van der Waals surface area contributed by atoms with Gasteiger partial charge in [-0.05, 0) is 30.3 Å². The number of hydrogen-bond donors (Lipinski definition) is 3. The highest BCUT2D eigenvalue weighted by Gasteiger charge is 2.22. The quantitative estimate of drug-likeness (QED) is 0.758. The van der Waals surface area contributed by atoms with E-state index in [2.05, 4.69) is 10.0 Å². The Bertz CT molecular complexity index is 940. The molecule has 0 unspecified atom stereocenters. The number of hydrogen-bond acceptors (Lipinski definition) is 5. The van der Waals surface area contributed by atoms with Gasteiger partial charge in [-0.2, -0.15) is 0 Å². The molecular weight excluding hydrogens is 334 g/mol. The summed E-state index contributed by atoms with van der Waals surface area (Å²) >= 11 is 0. The van der Waals surface area contributed by atoms with E-state index >= 15 is 0 Å². The zero-order valence-corrected chi connectivity index (χ0v) is 13.1. The number of anilines is 2. The third kappa shape index (κ3) is 3.01. The molecule has 0 fully saturated rings. The topological polar surface area (TPSA) is 128 Å². The highest BCUT2D eigenvalue weighted by atomic mass is 32.2. The van der Waals surface area contributed by atoms with Crippen LogP contribution in [0.4, 0.5) is 11.4 Å². The third-order valence-electron chi connectivity index (χ3n) is 3.33. The molecule has 0 spiro atoms. The number of para-hydroxylation sites is 1. The predicted molar refractivity (Wildman–Crippen MR) is 86.3 cm³/mol. The number of fused-ring (bicyclic) bond motifs is 1. The molecule has 1 heterocycles. The van der Waals surface area contributed by atoms with E-state index < -0.39 is 15.9 Å². The first-order valence-electron chi connectivity index (χ1n) is 6.85. The molecule has 1 aliphatic rings. The average Bonchev–Trinajstić information content (AvgIpc) is 2.54. The lowest BCUT2D eigenvalue weighted by atomic mass is 10.2. The van der Waals surface area contributed by atoms with Gasteiger partial charge in [-0.25, -0.2) is 8.42 Å². The van der Waals surface area contributed by atoms with Crippen molar-refractivity contribution in [1.82, 2.24) is 0 Å². The Hall–Kier alpha value is -3.07. The summed E-state index contributed by atoms with van der Waals surface area (Å²) in [5.74, 6) is -0.741. The van der Waals surface area contributed by atoms with E-state index in [0.717, 1.165) is 0 Å². The highest BCUT2D eigenvalue weighted by molar-refractivity contribution is 7.92. The van der Waals surface area contributed by atoms with Crippen molar-refractivity contribution in [2.75, 3.05) is 16.6 Å². The molecule has 1 aliphatic heterocycles. The van der Waals surface area contributed by atoms with Crippen molar-refractivity contribution in [3.63, 3.8) is 0 Å². The summed E-state index contributed by atoms with van der Waals surface area (Å²) in [7, 11) is -3.98. The minimum atomic E-state index is -3.98. The van der Waals surface area contributed by atoms with Gasteiger partial charge in [0, 0.05) is 0 Å². The van der Waals surface area contributed by atoms with Gasteiger partial charge in [0.25, 0.3) is 21.8 Å². The van der Waals surface area contributed by atoms with Crippen LogP contribution in [0.5, 0.6) is 5.75 Å². The second kappa shape index (κ2) is 5.85. The predicted octanol–water partition coefficient (Wildman–Crippen LogP) is 0.917. The fraction of sp³-hybridized carbons (Fsp3) is 0.0667. The number of primary amides is 1. The Morgan fingerprint density at radius 2 is 1.96 bits per heavy atom. The van der Waals surface area contributed by atoms with Crippen LogP contribution in [0.25, 0.3) is 0 Å². The van der Waals surface area contributed by atoms with Crippen LogP contribution in [-0.2, 0) is 14.8 Å². The van der Waals surface area contributed by atoms with Crippen molar-refractivity contribution in [3.8, 4) is 5.75 Å². The zero-order chi connectivity index (χ0) is 17.3. The number of carbonyl (C=O) groups excluding carboxylic acids is 2. The standard InChI is InChI=1S/C15H13N3O5S/c16-15(20)10-3-1-2-4-11(10)18-24(21,22)9-5-6-13-12(7-9)17-14(19)8-23-13/h1-7,18H,8H2,(H2,16,20)(H,17,19). The molecule has 0 saturated heterocycles. The number of nitrogens with two attached hydrogens (primary N) is 1. The molecule has 2 amide bonds. The van der Waals surface area contributed by atoms with Crippen molar-refractivity contribution >= 4 is 33.2 Å². The van der Waals surface area contributed by atoms with Gasteiger partial charge in [-0.3, -0.25) is 14.3 Å². The molecule has 2 aromatic rings. The van der Waals surface area contributed by atoms with Crippen LogP contribution in [0.15, 0.2) is 47.4 Å². The lowest BCUT2D eigenvalue weighted by molar-refractivity contribution is -0.118. The molecule has 124 valence electrons. The molecule has 0 saturated carbocycles. The molecule has 0 atom stereocenters. The lowest BCUT2D eigenvalue weighted by Gasteiger charge is -2.19. The molecule has 8 nitrogen and oxygen atoms in total. The minimum absolute atomic E-state index is 0.0515. The molecule has 24 heavy (non-hydrogen) atoms. The van der Waals surface area contributed by atoms with Crippen LogP contribution in [-0.4, -0.2) is 26.8 Å². The molecule has 0 aromatic heterocycles. The molecule has 0 radical (unpaired) electrons. The summed E-state index contributed by atoms with van der Waals surface area (Å²) in [5, 5.41) is 2.54. The lowest BCUT2D eigenvalue weighted by Crippen LogP contribution is -2.26. The molecule has 9 heteroatoms. The maximum absolute atomic E-state index is 12.5. The molecular formula is C15H13N3O5S. The van der Waals surface area contributed by atoms with Crippen LogP contribution in [0.2, 0.25) is 0 Å². The summed E-state index contributed by atoms with van der Waals surface area (Å²) in [6.45, 7) is -0.122. The Kier molecular flexibility index (Phi) is 3.86. The Labute approximate surface area is 137 Å². The molecule has 4 N–H and O–H groups in total. The smallest absolute Gasteiger partial charge is 0.262 e. The highest BCUT2D eigenvalue weighted by Crippen LogP contribution is 2.31. The normalized spacial score (nSPS) is 13.4. The van der Waals surface area contributed by atoms with E-state index in [1.807, 2.05) is 0 Å². The van der Waals surface area contributed by atoms with Crippen molar-refractivity contribution in [1.29, 1.82) is 0 Å². The summed E-state index contributed by atoms with van der Waals surface area (Å²) in [6.07, 6.45) is 0. The van der Waals surface area contributed by atoms with Crippen LogP contribution >= 0.6 is 0 Å². The van der Waals surface area contributed by atoms with Gasteiger partial charge >= 0.3 is 0 Å². The van der Waals surface area contributed by atoms with E-state index in [1.165, 1.54) is 30.3 Å². The molecule has 3 rings (SSSR count). The van der Waals surface area contributed by atoms with Gasteiger partial charge in [0.05, 0.1) is 21.8 Å². The number of carbonyl (C=O) groups is 2. The number of amides is 2. The van der Waals surface area contributed by atoms with E-state index in [9.17, 15) is 18.0 Å². The SMILES string of the molecule is NC(=O)c1ccccc1NS(=O)(=O)c1ccc2c(c1)NC(=O)CO2. The van der Waals surface area contributed by atoms with E-state index in [4.69, 9.17) is 10.5 Å². The minimum Gasteiger partial charge on any atom is -0.482 e. The number of benzene rings is 2. The maximum atomic E-state index is 12.5. The van der Waals surface area contributed by atoms with Gasteiger partial charge in [-0.15, -0.1) is 0 Å². The van der Waals surface area contributed by atoms with Gasteiger partial charge in [-0.1, -0.05) is 12.1 Å². The van der Waals surface area contributed by atoms with Gasteiger partial charge in [0.2, 0.25) is 0 Å². The van der Waals surface area contributed by atoms with Crippen molar-refractivity contribution in [2.45, 2.75) is 4.90 Å². The first-order chi connectivity index (χ1) is 11.4. The second-order valence-electron chi connectivity index (χ2n) is 5.01. The molecule has 0 bridgehead atoms. The van der Waals surface area contributed by atoms with Crippen LogP contribution in [0, 0.1) is 0 Å². The van der Waals surface area contributed by atoms with Crippen molar-refractivity contribution < 1.29 is 22.7 Å². The maximum Gasteiger partial charge on any atom is 0.262 e. The number of rotatable bonds is 4. The van der Waals surface area contributed by atoms with Gasteiger partial charge in [0.15, 0.2) is 6.61 Å². The monoisotopic (exact) mass is 347 g/mol. The fourth-order valence-electron chi connectivity index (χ4n) is 2.22. The Morgan fingerprint density at radius 3 is 2.71 bits per heavy atom. The van der Waals surface area contributed by atoms with Gasteiger partial charge in [0.1, 0.15) is 5.75 Å². The first-order valence-corrected chi connectivity index (χ1v) is 8.33. The van der Waals surface area contributed by atoms with Crippen molar-refractivity contribution in [2.24, 2.45) is 5.73 Å². The van der Waals surface area contributed by atoms with Crippen molar-refractivity contribution in [3.05, 3.63) is 48.0 Å². The summed E-state index contributed by atoms with van der Waals surface area (Å²) in [5.41, 5.74) is 5.63. The number of ether oxygens (including phenoxy) is 1. The third-order valence-corrected chi connectivity index (χ3v) is 4.69.